The van der Waals surface area contributed by atoms with Crippen LogP contribution in [0.5, 0.6) is 0 Å². The lowest BCUT2D eigenvalue weighted by Crippen LogP contribution is -2.40. The van der Waals surface area contributed by atoms with E-state index >= 15 is 0 Å². The summed E-state index contributed by atoms with van der Waals surface area (Å²) in [4.78, 5) is 19.7. The first-order valence-electron chi connectivity index (χ1n) is 7.83. The van der Waals surface area contributed by atoms with E-state index in [2.05, 4.69) is 28.7 Å². The molecule has 0 rings (SSSR count). The highest BCUT2D eigenvalue weighted by Gasteiger charge is 2.08. The van der Waals surface area contributed by atoms with Crippen LogP contribution >= 0.6 is 24.0 Å². The van der Waals surface area contributed by atoms with E-state index in [-0.39, 0.29) is 36.4 Å². The molecule has 0 unspecified atom stereocenters. The number of likely N-dealkylation sites (N-methyl/N-ethyl adjacent to an activating group) is 1. The second kappa shape index (κ2) is 15.1. The van der Waals surface area contributed by atoms with Crippen molar-refractivity contribution in [3.63, 3.8) is 0 Å². The molecule has 0 aromatic carbocycles. The van der Waals surface area contributed by atoms with Crippen LogP contribution in [0.25, 0.3) is 0 Å². The Kier molecular flexibility index (Phi) is 16.1. The number of hydrogen-bond acceptors (Lipinski definition) is 2. The monoisotopic (exact) mass is 424 g/mol. The molecular weight excluding hydrogens is 391 g/mol. The Labute approximate surface area is 153 Å². The third kappa shape index (κ3) is 11.8. The average molecular weight is 424 g/mol. The van der Waals surface area contributed by atoms with Crippen LogP contribution in [0.3, 0.4) is 0 Å². The topological polar surface area (TPSA) is 47.9 Å². The molecule has 6 heteroatoms. The number of halogens is 1. The molecule has 1 N–H and O–H groups in total. The molecule has 0 aliphatic rings. The highest BCUT2D eigenvalue weighted by Crippen LogP contribution is 2.01. The van der Waals surface area contributed by atoms with E-state index in [4.69, 9.17) is 0 Å². The Balaban J connectivity index is 0. The zero-order valence-electron chi connectivity index (χ0n) is 14.6. The first-order valence-corrected chi connectivity index (χ1v) is 7.83. The number of amides is 1. The van der Waals surface area contributed by atoms with Crippen LogP contribution < -0.4 is 5.32 Å². The first-order chi connectivity index (χ1) is 10.0. The van der Waals surface area contributed by atoms with E-state index in [9.17, 15) is 4.79 Å². The van der Waals surface area contributed by atoms with Gasteiger partial charge < -0.3 is 15.1 Å². The number of nitrogens with zero attached hydrogens (tertiary/aromatic N) is 3. The van der Waals surface area contributed by atoms with Crippen molar-refractivity contribution in [3.8, 4) is 0 Å². The molecule has 0 fully saturated rings. The Morgan fingerprint density at radius 3 is 2.45 bits per heavy atom. The third-order valence-electron chi connectivity index (χ3n) is 3.16. The summed E-state index contributed by atoms with van der Waals surface area (Å²) in [5.41, 5.74) is 0. The molecule has 0 atom stereocenters. The second-order valence-corrected chi connectivity index (χ2v) is 5.41. The number of nitrogens with one attached hydrogen (secondary N) is 1. The molecule has 1 amide bonds. The van der Waals surface area contributed by atoms with Gasteiger partial charge in [0.2, 0.25) is 5.91 Å². The van der Waals surface area contributed by atoms with Crippen molar-refractivity contribution >= 4 is 35.8 Å². The van der Waals surface area contributed by atoms with Crippen LogP contribution in [0.2, 0.25) is 0 Å². The summed E-state index contributed by atoms with van der Waals surface area (Å²) in [7, 11) is 5.52. The molecular formula is C16H33IN4O. The van der Waals surface area contributed by atoms with Crippen molar-refractivity contribution in [1.29, 1.82) is 0 Å². The van der Waals surface area contributed by atoms with Gasteiger partial charge in [-0.25, -0.2) is 4.99 Å². The minimum Gasteiger partial charge on any atom is -0.356 e. The Morgan fingerprint density at radius 1 is 1.23 bits per heavy atom. The summed E-state index contributed by atoms with van der Waals surface area (Å²) in [6.45, 7) is 7.86. The molecule has 0 aliphatic heterocycles. The number of hydrogen-bond donors (Lipinski definition) is 1. The Bertz CT molecular complexity index is 332. The van der Waals surface area contributed by atoms with Gasteiger partial charge in [0, 0.05) is 34.2 Å². The molecule has 0 aromatic heterocycles. The molecule has 0 spiro atoms. The zero-order valence-corrected chi connectivity index (χ0v) is 16.9. The number of guanidine groups is 1. The molecule has 0 heterocycles. The SMILES string of the molecule is C=CCCCCCN(C)C(=NCC(=O)N(C)C)NCCC.I. The minimum atomic E-state index is 0. The summed E-state index contributed by atoms with van der Waals surface area (Å²) in [5, 5.41) is 3.30. The van der Waals surface area contributed by atoms with Crippen LogP contribution in [0, 0.1) is 0 Å². The van der Waals surface area contributed by atoms with Gasteiger partial charge in [0.25, 0.3) is 0 Å². The van der Waals surface area contributed by atoms with E-state index in [1.165, 1.54) is 12.8 Å². The summed E-state index contributed by atoms with van der Waals surface area (Å²) in [5.74, 6) is 0.834. The summed E-state index contributed by atoms with van der Waals surface area (Å²) in [6, 6.07) is 0. The van der Waals surface area contributed by atoms with E-state index in [1.54, 1.807) is 19.0 Å². The summed E-state index contributed by atoms with van der Waals surface area (Å²) >= 11 is 0. The Morgan fingerprint density at radius 2 is 1.91 bits per heavy atom. The van der Waals surface area contributed by atoms with Crippen LogP contribution in [-0.2, 0) is 4.79 Å². The molecule has 22 heavy (non-hydrogen) atoms. The fourth-order valence-corrected chi connectivity index (χ4v) is 1.75. The maximum Gasteiger partial charge on any atom is 0.243 e. The van der Waals surface area contributed by atoms with Crippen molar-refractivity contribution in [2.75, 3.05) is 40.8 Å². The van der Waals surface area contributed by atoms with Gasteiger partial charge >= 0.3 is 0 Å². The van der Waals surface area contributed by atoms with Crippen LogP contribution in [0.1, 0.15) is 39.0 Å². The molecule has 0 saturated carbocycles. The predicted octanol–water partition coefficient (Wildman–Crippen LogP) is 2.73. The number of unbranched alkanes of at least 4 members (excludes halogenated alkanes) is 3. The van der Waals surface area contributed by atoms with Crippen molar-refractivity contribution in [1.82, 2.24) is 15.1 Å². The maximum atomic E-state index is 11.6. The van der Waals surface area contributed by atoms with Gasteiger partial charge in [-0.15, -0.1) is 30.6 Å². The van der Waals surface area contributed by atoms with Crippen molar-refractivity contribution in [2.45, 2.75) is 39.0 Å². The van der Waals surface area contributed by atoms with Crippen molar-refractivity contribution in [2.24, 2.45) is 4.99 Å². The van der Waals surface area contributed by atoms with E-state index in [1.807, 2.05) is 13.1 Å². The number of allylic oxidation sites excluding steroid dienone is 1. The molecule has 0 radical (unpaired) electrons. The van der Waals surface area contributed by atoms with E-state index < -0.39 is 0 Å². The molecule has 130 valence electrons. The largest absolute Gasteiger partial charge is 0.356 e. The van der Waals surface area contributed by atoms with Gasteiger partial charge in [-0.3, -0.25) is 4.79 Å². The molecule has 5 nitrogen and oxygen atoms in total. The smallest absolute Gasteiger partial charge is 0.243 e. The van der Waals surface area contributed by atoms with Gasteiger partial charge in [0.05, 0.1) is 0 Å². The zero-order chi connectivity index (χ0) is 16.1. The lowest BCUT2D eigenvalue weighted by Gasteiger charge is -2.22. The first kappa shape index (κ1) is 23.5. The average Bonchev–Trinajstić information content (AvgIpc) is 2.46. The second-order valence-electron chi connectivity index (χ2n) is 5.41. The van der Waals surface area contributed by atoms with Gasteiger partial charge in [-0.2, -0.15) is 0 Å². The van der Waals surface area contributed by atoms with Crippen molar-refractivity contribution < 1.29 is 4.79 Å². The molecule has 0 aromatic rings. The number of rotatable bonds is 10. The number of carbonyl (C=O) groups is 1. The Hall–Kier alpha value is -0.790. The maximum absolute atomic E-state index is 11.6. The van der Waals surface area contributed by atoms with E-state index in [0.717, 1.165) is 38.3 Å². The minimum absolute atomic E-state index is 0. The number of carbonyl (C=O) groups excluding carboxylic acids is 1. The van der Waals surface area contributed by atoms with E-state index in [0.29, 0.717) is 0 Å². The standard InChI is InChI=1S/C16H32N4O.HI/c1-6-8-9-10-11-13-20(5)16(17-12-7-2)18-14-15(21)19(3)4;/h6H,1,7-14H2,2-5H3,(H,17,18);1H. The highest BCUT2D eigenvalue weighted by molar-refractivity contribution is 14.0. The normalized spacial score (nSPS) is 10.6. The lowest BCUT2D eigenvalue weighted by molar-refractivity contribution is -0.127. The summed E-state index contributed by atoms with van der Waals surface area (Å²) in [6.07, 6.45) is 7.58. The van der Waals surface area contributed by atoms with Gasteiger partial charge in [0.15, 0.2) is 5.96 Å². The molecule has 0 bridgehead atoms. The van der Waals surface area contributed by atoms with Crippen LogP contribution in [0.4, 0.5) is 0 Å². The van der Waals surface area contributed by atoms with Gasteiger partial charge in [0.1, 0.15) is 6.54 Å². The van der Waals surface area contributed by atoms with Gasteiger partial charge in [-0.05, 0) is 25.7 Å². The van der Waals surface area contributed by atoms with Crippen LogP contribution in [-0.4, -0.2) is 62.4 Å². The lowest BCUT2D eigenvalue weighted by atomic mass is 10.2. The third-order valence-corrected chi connectivity index (χ3v) is 3.16. The van der Waals surface area contributed by atoms with Crippen molar-refractivity contribution in [3.05, 3.63) is 12.7 Å². The summed E-state index contributed by atoms with van der Waals surface area (Å²) < 4.78 is 0. The number of aliphatic imine (C=N–C) groups is 1. The molecule has 0 aliphatic carbocycles. The molecule has 0 saturated heterocycles. The highest BCUT2D eigenvalue weighted by atomic mass is 127. The van der Waals surface area contributed by atoms with Gasteiger partial charge in [-0.1, -0.05) is 19.4 Å². The quantitative estimate of drug-likeness (QED) is 0.193. The fourth-order valence-electron chi connectivity index (χ4n) is 1.75. The fraction of sp³-hybridized carbons (Fsp3) is 0.750. The predicted molar refractivity (Wildman–Crippen MR) is 106 cm³/mol. The van der Waals surface area contributed by atoms with Crippen LogP contribution in [0.15, 0.2) is 17.6 Å².